The average molecular weight is 326 g/mol. The van der Waals surface area contributed by atoms with Crippen molar-refractivity contribution in [2.24, 2.45) is 0 Å². The van der Waals surface area contributed by atoms with Gasteiger partial charge in [0.1, 0.15) is 6.04 Å². The zero-order valence-electron chi connectivity index (χ0n) is 13.9. The highest BCUT2D eigenvalue weighted by Gasteiger charge is 2.22. The van der Waals surface area contributed by atoms with Crippen LogP contribution in [0.3, 0.4) is 0 Å². The highest BCUT2D eigenvalue weighted by atomic mass is 16.5. The van der Waals surface area contributed by atoms with E-state index in [4.69, 9.17) is 4.74 Å². The molecule has 0 bridgehead atoms. The summed E-state index contributed by atoms with van der Waals surface area (Å²) in [6, 6.07) is 17.7. The molecule has 2 aromatic carbocycles. The third kappa shape index (κ3) is 5.52. The van der Waals surface area contributed by atoms with Crippen molar-refractivity contribution in [2.75, 3.05) is 0 Å². The predicted octanol–water partition coefficient (Wildman–Crippen LogP) is 2.48. The molecule has 2 N–H and O–H groups in total. The Kier molecular flexibility index (Phi) is 6.51. The van der Waals surface area contributed by atoms with Gasteiger partial charge in [-0.25, -0.2) is 5.43 Å². The molecule has 5 heteroatoms. The van der Waals surface area contributed by atoms with Crippen LogP contribution in [0.1, 0.15) is 29.8 Å². The Morgan fingerprint density at radius 1 is 0.958 bits per heavy atom. The lowest BCUT2D eigenvalue weighted by Gasteiger charge is -2.19. The van der Waals surface area contributed by atoms with Crippen LogP contribution in [0.5, 0.6) is 0 Å². The van der Waals surface area contributed by atoms with Crippen molar-refractivity contribution in [3.63, 3.8) is 0 Å². The molecule has 2 aromatic rings. The van der Waals surface area contributed by atoms with Crippen LogP contribution in [-0.4, -0.2) is 24.0 Å². The first kappa shape index (κ1) is 17.7. The van der Waals surface area contributed by atoms with Gasteiger partial charge in [0.25, 0.3) is 5.91 Å². The fourth-order valence-electron chi connectivity index (χ4n) is 2.17. The standard InChI is InChI=1S/C19H22N2O3/c1-14(2)24-19(23)17(13-15-9-5-3-6-10-15)20-21-18(22)16-11-7-4-8-12-16/h3-12,14,17,20H,13H2,1-2H3,(H,21,22)/t17-/m0/s1. The average Bonchev–Trinajstić information content (AvgIpc) is 2.59. The van der Waals surface area contributed by atoms with Crippen LogP contribution < -0.4 is 10.9 Å². The fraction of sp³-hybridized carbons (Fsp3) is 0.263. The molecule has 126 valence electrons. The van der Waals surface area contributed by atoms with E-state index in [-0.39, 0.29) is 12.0 Å². The normalized spacial score (nSPS) is 11.8. The topological polar surface area (TPSA) is 67.4 Å². The molecule has 0 saturated carbocycles. The number of carbonyl (C=O) groups is 2. The van der Waals surface area contributed by atoms with Crippen molar-refractivity contribution in [3.05, 3.63) is 71.8 Å². The third-order valence-corrected chi connectivity index (χ3v) is 3.31. The summed E-state index contributed by atoms with van der Waals surface area (Å²) in [4.78, 5) is 24.4. The van der Waals surface area contributed by atoms with Crippen LogP contribution in [0.2, 0.25) is 0 Å². The van der Waals surface area contributed by atoms with Gasteiger partial charge in [-0.05, 0) is 31.5 Å². The van der Waals surface area contributed by atoms with Crippen LogP contribution in [0, 0.1) is 0 Å². The molecule has 0 fully saturated rings. The summed E-state index contributed by atoms with van der Waals surface area (Å²) in [6.07, 6.45) is 0.198. The number of hydrogen-bond acceptors (Lipinski definition) is 4. The first-order chi connectivity index (χ1) is 11.6. The molecule has 0 aliphatic carbocycles. The molecule has 24 heavy (non-hydrogen) atoms. The summed E-state index contributed by atoms with van der Waals surface area (Å²) >= 11 is 0. The van der Waals surface area contributed by atoms with E-state index in [1.165, 1.54) is 0 Å². The molecule has 0 heterocycles. The van der Waals surface area contributed by atoms with Crippen molar-refractivity contribution in [1.82, 2.24) is 10.9 Å². The monoisotopic (exact) mass is 326 g/mol. The van der Waals surface area contributed by atoms with Gasteiger partial charge in [-0.2, -0.15) is 0 Å². The molecule has 0 aliphatic rings. The second-order valence-electron chi connectivity index (χ2n) is 5.69. The number of carbonyl (C=O) groups excluding carboxylic acids is 2. The largest absolute Gasteiger partial charge is 0.462 e. The van der Waals surface area contributed by atoms with Crippen LogP contribution in [0.25, 0.3) is 0 Å². The van der Waals surface area contributed by atoms with Gasteiger partial charge in [-0.3, -0.25) is 15.0 Å². The molecule has 5 nitrogen and oxygen atoms in total. The van der Waals surface area contributed by atoms with Gasteiger partial charge in [0.05, 0.1) is 6.10 Å². The van der Waals surface area contributed by atoms with Gasteiger partial charge >= 0.3 is 5.97 Å². The van der Waals surface area contributed by atoms with Crippen molar-refractivity contribution >= 4 is 11.9 Å². The van der Waals surface area contributed by atoms with E-state index in [2.05, 4.69) is 10.9 Å². The summed E-state index contributed by atoms with van der Waals surface area (Å²) in [5.74, 6) is -0.701. The minimum absolute atomic E-state index is 0.220. The van der Waals surface area contributed by atoms with Crippen LogP contribution in [0.15, 0.2) is 60.7 Å². The van der Waals surface area contributed by atoms with Gasteiger partial charge in [-0.15, -0.1) is 0 Å². The molecule has 0 aliphatic heterocycles. The Bertz CT molecular complexity index is 657. The maximum Gasteiger partial charge on any atom is 0.325 e. The van der Waals surface area contributed by atoms with Crippen molar-refractivity contribution in [1.29, 1.82) is 0 Å². The SMILES string of the molecule is CC(C)OC(=O)[C@H](Cc1ccccc1)NNC(=O)c1ccccc1. The Morgan fingerprint density at radius 3 is 2.12 bits per heavy atom. The molecule has 1 amide bonds. The number of ether oxygens (including phenoxy) is 1. The molecule has 0 aromatic heterocycles. The number of rotatable bonds is 7. The van der Waals surface area contributed by atoms with Crippen LogP contribution >= 0.6 is 0 Å². The molecule has 0 unspecified atom stereocenters. The summed E-state index contributed by atoms with van der Waals surface area (Å²) in [5, 5.41) is 0. The summed E-state index contributed by atoms with van der Waals surface area (Å²) in [7, 11) is 0. The Hall–Kier alpha value is -2.66. The van der Waals surface area contributed by atoms with E-state index in [1.807, 2.05) is 36.4 Å². The summed E-state index contributed by atoms with van der Waals surface area (Å²) in [5.41, 5.74) is 6.87. The van der Waals surface area contributed by atoms with Gasteiger partial charge in [0.2, 0.25) is 0 Å². The lowest BCUT2D eigenvalue weighted by atomic mass is 10.1. The van der Waals surface area contributed by atoms with E-state index in [9.17, 15) is 9.59 Å². The van der Waals surface area contributed by atoms with Gasteiger partial charge in [-0.1, -0.05) is 48.5 Å². The zero-order chi connectivity index (χ0) is 17.4. The summed E-state index contributed by atoms with van der Waals surface area (Å²) in [6.45, 7) is 3.58. The van der Waals surface area contributed by atoms with E-state index in [0.717, 1.165) is 5.56 Å². The molecule has 0 radical (unpaired) electrons. The third-order valence-electron chi connectivity index (χ3n) is 3.31. The molecule has 0 saturated heterocycles. The Labute approximate surface area is 142 Å². The maximum absolute atomic E-state index is 12.3. The van der Waals surface area contributed by atoms with E-state index < -0.39 is 12.0 Å². The Morgan fingerprint density at radius 2 is 1.54 bits per heavy atom. The molecule has 2 rings (SSSR count). The quantitative estimate of drug-likeness (QED) is 0.606. The number of hydrazine groups is 1. The fourth-order valence-corrected chi connectivity index (χ4v) is 2.17. The minimum Gasteiger partial charge on any atom is -0.462 e. The molecule has 0 spiro atoms. The van der Waals surface area contributed by atoms with Crippen LogP contribution in [0.4, 0.5) is 0 Å². The predicted molar refractivity (Wildman–Crippen MR) is 92.2 cm³/mol. The lowest BCUT2D eigenvalue weighted by Crippen LogP contribution is -2.50. The van der Waals surface area contributed by atoms with Crippen LogP contribution in [-0.2, 0) is 16.0 Å². The minimum atomic E-state index is -0.664. The van der Waals surface area contributed by atoms with Crippen molar-refractivity contribution < 1.29 is 14.3 Å². The van der Waals surface area contributed by atoms with E-state index in [1.54, 1.807) is 38.1 Å². The van der Waals surface area contributed by atoms with Crippen molar-refractivity contribution in [2.45, 2.75) is 32.4 Å². The summed E-state index contributed by atoms with van der Waals surface area (Å²) < 4.78 is 5.27. The first-order valence-corrected chi connectivity index (χ1v) is 7.91. The lowest BCUT2D eigenvalue weighted by molar-refractivity contribution is -0.150. The zero-order valence-corrected chi connectivity index (χ0v) is 13.9. The van der Waals surface area contributed by atoms with Gasteiger partial charge in [0.15, 0.2) is 0 Å². The number of nitrogens with one attached hydrogen (secondary N) is 2. The molecular formula is C19H22N2O3. The number of benzene rings is 2. The van der Waals surface area contributed by atoms with E-state index >= 15 is 0 Å². The highest BCUT2D eigenvalue weighted by Crippen LogP contribution is 2.06. The van der Waals surface area contributed by atoms with Gasteiger partial charge < -0.3 is 4.74 Å². The maximum atomic E-state index is 12.3. The smallest absolute Gasteiger partial charge is 0.325 e. The number of esters is 1. The molecule has 1 atom stereocenters. The number of hydrogen-bond donors (Lipinski definition) is 2. The molecular weight excluding hydrogens is 304 g/mol. The second kappa shape index (κ2) is 8.84. The second-order valence-corrected chi connectivity index (χ2v) is 5.69. The Balaban J connectivity index is 2.02. The van der Waals surface area contributed by atoms with Gasteiger partial charge in [0, 0.05) is 12.0 Å². The number of amides is 1. The first-order valence-electron chi connectivity index (χ1n) is 7.91. The van der Waals surface area contributed by atoms with Crippen molar-refractivity contribution in [3.8, 4) is 0 Å². The van der Waals surface area contributed by atoms with E-state index in [0.29, 0.717) is 12.0 Å². The highest BCUT2D eigenvalue weighted by molar-refractivity contribution is 5.94.